The number of allylic oxidation sites excluding steroid dienone is 4. The molecule has 1 rings (SSSR count). The molecule has 0 bridgehead atoms. The Morgan fingerprint density at radius 3 is 2.69 bits per heavy atom. The van der Waals surface area contributed by atoms with Crippen molar-refractivity contribution in [2.45, 2.75) is 6.42 Å². The Hall–Kier alpha value is -3.13. The van der Waals surface area contributed by atoms with Crippen molar-refractivity contribution in [1.82, 2.24) is 10.6 Å². The van der Waals surface area contributed by atoms with E-state index in [9.17, 15) is 18.4 Å². The molecular formula is C20H21ClF2N2O4. The molecule has 0 radical (unpaired) electrons. The summed E-state index contributed by atoms with van der Waals surface area (Å²) in [5, 5.41) is 4.95. The molecule has 0 aliphatic heterocycles. The first kappa shape index (κ1) is 23.9. The fourth-order valence-corrected chi connectivity index (χ4v) is 2.04. The van der Waals surface area contributed by atoms with E-state index in [0.29, 0.717) is 5.70 Å². The summed E-state index contributed by atoms with van der Waals surface area (Å²) in [5.41, 5.74) is 0.555. The van der Waals surface area contributed by atoms with Gasteiger partial charge in [0.15, 0.2) is 6.61 Å². The molecular weight excluding hydrogens is 406 g/mol. The van der Waals surface area contributed by atoms with Crippen molar-refractivity contribution in [3.63, 3.8) is 0 Å². The Labute approximate surface area is 172 Å². The monoisotopic (exact) mass is 426 g/mol. The van der Waals surface area contributed by atoms with Crippen LogP contribution in [0.3, 0.4) is 0 Å². The van der Waals surface area contributed by atoms with Crippen LogP contribution in [0.2, 0.25) is 0 Å². The zero-order valence-corrected chi connectivity index (χ0v) is 16.5. The zero-order valence-electron chi connectivity index (χ0n) is 15.8. The molecule has 0 heterocycles. The van der Waals surface area contributed by atoms with E-state index in [1.807, 2.05) is 0 Å². The van der Waals surface area contributed by atoms with Crippen LogP contribution in [0.5, 0.6) is 5.75 Å². The van der Waals surface area contributed by atoms with Crippen LogP contribution in [0.25, 0.3) is 0 Å². The molecule has 0 spiro atoms. The van der Waals surface area contributed by atoms with Crippen LogP contribution in [0.4, 0.5) is 8.78 Å². The van der Waals surface area contributed by atoms with Gasteiger partial charge in [-0.25, -0.2) is 8.78 Å². The first-order valence-corrected chi connectivity index (χ1v) is 8.70. The van der Waals surface area contributed by atoms with E-state index < -0.39 is 23.5 Å². The number of rotatable bonds is 11. The van der Waals surface area contributed by atoms with Gasteiger partial charge in [0, 0.05) is 24.7 Å². The number of hydrogen-bond donors (Lipinski definition) is 2. The topological polar surface area (TPSA) is 76.7 Å². The third-order valence-corrected chi connectivity index (χ3v) is 3.66. The first-order valence-electron chi connectivity index (χ1n) is 8.32. The van der Waals surface area contributed by atoms with Gasteiger partial charge in [0.2, 0.25) is 0 Å². The number of amides is 2. The van der Waals surface area contributed by atoms with Gasteiger partial charge < -0.3 is 20.1 Å². The van der Waals surface area contributed by atoms with Crippen molar-refractivity contribution in [2.75, 3.05) is 20.3 Å². The molecule has 9 heteroatoms. The summed E-state index contributed by atoms with van der Waals surface area (Å²) in [6.45, 7) is 6.60. The van der Waals surface area contributed by atoms with E-state index in [2.05, 4.69) is 23.8 Å². The predicted molar refractivity (Wildman–Crippen MR) is 106 cm³/mol. The predicted octanol–water partition coefficient (Wildman–Crippen LogP) is 3.72. The summed E-state index contributed by atoms with van der Waals surface area (Å²) in [6, 6.07) is 3.58. The van der Waals surface area contributed by atoms with E-state index in [1.54, 1.807) is 0 Å². The van der Waals surface area contributed by atoms with Crippen LogP contribution in [0.1, 0.15) is 16.8 Å². The summed E-state index contributed by atoms with van der Waals surface area (Å²) in [7, 11) is 1.34. The SMILES string of the molecule is C=C(CCNC(=O)c1ccc(F)cc1OC)NC(=O)CO/C=C/C=C(/Cl)C(=C)F. The number of ether oxygens (including phenoxy) is 2. The molecule has 0 saturated heterocycles. The van der Waals surface area contributed by atoms with Crippen molar-refractivity contribution in [2.24, 2.45) is 0 Å². The van der Waals surface area contributed by atoms with Crippen LogP contribution in [0, 0.1) is 5.82 Å². The Balaban J connectivity index is 2.34. The van der Waals surface area contributed by atoms with Gasteiger partial charge in [-0.05, 0) is 24.3 Å². The average molecular weight is 427 g/mol. The minimum Gasteiger partial charge on any atom is -0.496 e. The van der Waals surface area contributed by atoms with Gasteiger partial charge in [-0.15, -0.1) is 0 Å². The third kappa shape index (κ3) is 9.07. The lowest BCUT2D eigenvalue weighted by molar-refractivity contribution is -0.123. The quantitative estimate of drug-likeness (QED) is 0.417. The van der Waals surface area contributed by atoms with E-state index in [4.69, 9.17) is 21.1 Å². The second kappa shape index (κ2) is 12.4. The summed E-state index contributed by atoms with van der Waals surface area (Å²) >= 11 is 5.50. The summed E-state index contributed by atoms with van der Waals surface area (Å²) < 4.78 is 35.7. The van der Waals surface area contributed by atoms with Crippen molar-refractivity contribution in [3.8, 4) is 5.75 Å². The lowest BCUT2D eigenvalue weighted by Crippen LogP contribution is -2.30. The van der Waals surface area contributed by atoms with Gasteiger partial charge in [-0.2, -0.15) is 0 Å². The molecule has 0 saturated carbocycles. The average Bonchev–Trinajstić information content (AvgIpc) is 2.66. The number of carbonyl (C=O) groups is 2. The highest BCUT2D eigenvalue weighted by Crippen LogP contribution is 2.19. The van der Waals surface area contributed by atoms with E-state index in [1.165, 1.54) is 31.6 Å². The Morgan fingerprint density at radius 1 is 1.31 bits per heavy atom. The van der Waals surface area contributed by atoms with Crippen LogP contribution in [0.15, 0.2) is 66.3 Å². The van der Waals surface area contributed by atoms with Crippen LogP contribution < -0.4 is 15.4 Å². The van der Waals surface area contributed by atoms with Crippen LogP contribution in [-0.4, -0.2) is 32.1 Å². The number of carbonyl (C=O) groups excluding carboxylic acids is 2. The van der Waals surface area contributed by atoms with Crippen molar-refractivity contribution in [1.29, 1.82) is 0 Å². The van der Waals surface area contributed by atoms with E-state index in [-0.39, 0.29) is 35.9 Å². The van der Waals surface area contributed by atoms with Gasteiger partial charge >= 0.3 is 0 Å². The lowest BCUT2D eigenvalue weighted by atomic mass is 10.2. The van der Waals surface area contributed by atoms with Gasteiger partial charge in [0.25, 0.3) is 11.8 Å². The number of benzene rings is 1. The maximum Gasteiger partial charge on any atom is 0.261 e. The number of hydrogen-bond acceptors (Lipinski definition) is 4. The Bertz CT molecular complexity index is 838. The molecule has 0 aliphatic rings. The fraction of sp³-hybridized carbons (Fsp3) is 0.200. The molecule has 6 nitrogen and oxygen atoms in total. The van der Waals surface area contributed by atoms with Gasteiger partial charge in [-0.1, -0.05) is 24.8 Å². The summed E-state index contributed by atoms with van der Waals surface area (Å²) in [5.74, 6) is -2.09. The molecule has 0 atom stereocenters. The highest BCUT2D eigenvalue weighted by atomic mass is 35.5. The Morgan fingerprint density at radius 2 is 2.03 bits per heavy atom. The fourth-order valence-electron chi connectivity index (χ4n) is 1.96. The maximum atomic E-state index is 13.2. The van der Waals surface area contributed by atoms with Gasteiger partial charge in [-0.3, -0.25) is 9.59 Å². The minimum absolute atomic E-state index is 0.117. The smallest absolute Gasteiger partial charge is 0.261 e. The summed E-state index contributed by atoms with van der Waals surface area (Å²) in [4.78, 5) is 23.8. The lowest BCUT2D eigenvalue weighted by Gasteiger charge is -2.11. The van der Waals surface area contributed by atoms with Crippen molar-refractivity contribution in [3.05, 3.63) is 77.7 Å². The maximum absolute atomic E-state index is 13.2. The number of nitrogens with one attached hydrogen (secondary N) is 2. The zero-order chi connectivity index (χ0) is 21.8. The minimum atomic E-state index is -0.782. The van der Waals surface area contributed by atoms with Crippen LogP contribution in [-0.2, 0) is 9.53 Å². The Kier molecular flexibility index (Phi) is 10.2. The summed E-state index contributed by atoms with van der Waals surface area (Å²) in [6.07, 6.45) is 3.98. The molecule has 29 heavy (non-hydrogen) atoms. The third-order valence-electron chi connectivity index (χ3n) is 3.33. The molecule has 2 N–H and O–H groups in total. The van der Waals surface area contributed by atoms with Gasteiger partial charge in [0.05, 0.1) is 24.0 Å². The molecule has 1 aromatic rings. The highest BCUT2D eigenvalue weighted by Gasteiger charge is 2.13. The van der Waals surface area contributed by atoms with Crippen molar-refractivity contribution < 1.29 is 27.8 Å². The normalized spacial score (nSPS) is 11.1. The van der Waals surface area contributed by atoms with Crippen molar-refractivity contribution >= 4 is 23.4 Å². The second-order valence-electron chi connectivity index (χ2n) is 5.56. The molecule has 2 amide bonds. The van der Waals surface area contributed by atoms with Gasteiger partial charge in [0.1, 0.15) is 17.4 Å². The van der Waals surface area contributed by atoms with Crippen LogP contribution >= 0.6 is 11.6 Å². The highest BCUT2D eigenvalue weighted by molar-refractivity contribution is 6.31. The molecule has 0 unspecified atom stereocenters. The van der Waals surface area contributed by atoms with E-state index >= 15 is 0 Å². The molecule has 156 valence electrons. The number of halogens is 3. The second-order valence-corrected chi connectivity index (χ2v) is 5.97. The van der Waals surface area contributed by atoms with E-state index in [0.717, 1.165) is 12.1 Å². The number of methoxy groups -OCH3 is 1. The molecule has 0 aromatic heterocycles. The molecule has 0 aliphatic carbocycles. The molecule has 0 fully saturated rings. The largest absolute Gasteiger partial charge is 0.496 e. The standard InChI is InChI=1S/C20H21ClF2N2O4/c1-13(25-19(26)12-29-10-4-5-17(21)14(2)22)8-9-24-20(27)16-7-6-15(23)11-18(16)28-3/h4-7,10-11H,1-2,8-9,12H2,3H3,(H,24,27)(H,25,26)/b10-4+,17-5+. The first-order chi connectivity index (χ1) is 13.7. The molecule has 1 aromatic carbocycles.